The number of carbonyl (C=O) groups excluding carboxylic acids is 1. The van der Waals surface area contributed by atoms with Gasteiger partial charge in [-0.05, 0) is 12.1 Å². The summed E-state index contributed by atoms with van der Waals surface area (Å²) in [5.74, 6) is -0.134. The van der Waals surface area contributed by atoms with E-state index in [9.17, 15) is 4.79 Å². The second-order valence-electron chi connectivity index (χ2n) is 3.08. The van der Waals surface area contributed by atoms with E-state index in [0.29, 0.717) is 16.3 Å². The van der Waals surface area contributed by atoms with Crippen molar-refractivity contribution < 1.29 is 4.79 Å². The molecule has 0 atom stereocenters. The van der Waals surface area contributed by atoms with Gasteiger partial charge in [-0.15, -0.1) is 5.10 Å². The summed E-state index contributed by atoms with van der Waals surface area (Å²) in [7, 11) is 1.67. The number of nitrogens with zero attached hydrogens (tertiary/aromatic N) is 3. The fraction of sp³-hybridized carbons (Fsp3) is 0.100. The van der Waals surface area contributed by atoms with E-state index in [1.807, 2.05) is 0 Å². The van der Waals surface area contributed by atoms with Crippen LogP contribution in [-0.4, -0.2) is 20.8 Å². The summed E-state index contributed by atoms with van der Waals surface area (Å²) in [4.78, 5) is 11.9. The predicted octanol–water partition coefficient (Wildman–Crippen LogP) is 1.70. The van der Waals surface area contributed by atoms with Crippen LogP contribution in [0.25, 0.3) is 0 Å². The van der Waals surface area contributed by atoms with Crippen molar-refractivity contribution in [1.82, 2.24) is 15.0 Å². The minimum absolute atomic E-state index is 0.134. The van der Waals surface area contributed by atoms with Gasteiger partial charge >= 0.3 is 0 Å². The van der Waals surface area contributed by atoms with Crippen molar-refractivity contribution in [3.8, 4) is 0 Å². The zero-order valence-electron chi connectivity index (χ0n) is 8.01. The van der Waals surface area contributed by atoms with E-state index in [-0.39, 0.29) is 5.78 Å². The summed E-state index contributed by atoms with van der Waals surface area (Å²) < 4.78 is 1.43. The molecule has 2 rings (SSSR count). The minimum Gasteiger partial charge on any atom is -0.287 e. The van der Waals surface area contributed by atoms with Crippen molar-refractivity contribution in [1.29, 1.82) is 0 Å². The third kappa shape index (κ3) is 1.89. The Morgan fingerprint density at radius 1 is 1.47 bits per heavy atom. The second-order valence-corrected chi connectivity index (χ2v) is 3.52. The molecule has 0 aliphatic rings. The zero-order chi connectivity index (χ0) is 10.8. The minimum atomic E-state index is -0.134. The highest BCUT2D eigenvalue weighted by atomic mass is 35.5. The standard InChI is InChI=1S/C10H8ClN3O/c1-14-9(6-12-13-14)10(15)7-3-2-4-8(11)5-7/h2-6H,1H3. The first-order valence-electron chi connectivity index (χ1n) is 4.33. The molecule has 0 spiro atoms. The van der Waals surface area contributed by atoms with Gasteiger partial charge in [-0.25, -0.2) is 4.68 Å². The van der Waals surface area contributed by atoms with Crippen LogP contribution in [0.15, 0.2) is 30.5 Å². The molecule has 0 saturated heterocycles. The van der Waals surface area contributed by atoms with Crippen LogP contribution >= 0.6 is 11.6 Å². The normalized spacial score (nSPS) is 10.3. The molecule has 0 amide bonds. The number of ketones is 1. The van der Waals surface area contributed by atoms with Crippen LogP contribution in [0.2, 0.25) is 5.02 Å². The van der Waals surface area contributed by atoms with Gasteiger partial charge in [0.15, 0.2) is 0 Å². The van der Waals surface area contributed by atoms with Crippen molar-refractivity contribution in [2.75, 3.05) is 0 Å². The molecule has 76 valence electrons. The van der Waals surface area contributed by atoms with Crippen LogP contribution in [0, 0.1) is 0 Å². The quantitative estimate of drug-likeness (QED) is 0.726. The SMILES string of the molecule is Cn1nncc1C(=O)c1cccc(Cl)c1. The summed E-state index contributed by atoms with van der Waals surface area (Å²) in [5.41, 5.74) is 0.977. The molecule has 0 unspecified atom stereocenters. The first kappa shape index (κ1) is 9.86. The Bertz CT molecular complexity index is 507. The first-order chi connectivity index (χ1) is 7.18. The van der Waals surface area contributed by atoms with Gasteiger partial charge in [0.25, 0.3) is 0 Å². The maximum Gasteiger partial charge on any atom is 0.212 e. The number of aryl methyl sites for hydroxylation is 1. The molecule has 1 aromatic heterocycles. The molecule has 4 nitrogen and oxygen atoms in total. The van der Waals surface area contributed by atoms with Crippen LogP contribution in [-0.2, 0) is 7.05 Å². The van der Waals surface area contributed by atoms with E-state index in [1.165, 1.54) is 10.9 Å². The average Bonchev–Trinajstić information content (AvgIpc) is 2.63. The topological polar surface area (TPSA) is 47.8 Å². The van der Waals surface area contributed by atoms with Gasteiger partial charge in [0.2, 0.25) is 5.78 Å². The first-order valence-corrected chi connectivity index (χ1v) is 4.71. The molecule has 0 saturated carbocycles. The molecule has 0 bridgehead atoms. The molecule has 0 N–H and O–H groups in total. The van der Waals surface area contributed by atoms with Crippen molar-refractivity contribution in [3.05, 3.63) is 46.7 Å². The largest absolute Gasteiger partial charge is 0.287 e. The van der Waals surface area contributed by atoms with Gasteiger partial charge in [0.05, 0.1) is 6.20 Å². The van der Waals surface area contributed by atoms with Crippen molar-refractivity contribution in [2.45, 2.75) is 0 Å². The summed E-state index contributed by atoms with van der Waals surface area (Å²) >= 11 is 5.80. The van der Waals surface area contributed by atoms with Gasteiger partial charge in [0, 0.05) is 17.6 Å². The van der Waals surface area contributed by atoms with E-state index in [1.54, 1.807) is 31.3 Å². The second kappa shape index (κ2) is 3.82. The monoisotopic (exact) mass is 221 g/mol. The highest BCUT2D eigenvalue weighted by molar-refractivity contribution is 6.31. The Balaban J connectivity index is 2.41. The van der Waals surface area contributed by atoms with Gasteiger partial charge < -0.3 is 0 Å². The van der Waals surface area contributed by atoms with E-state index >= 15 is 0 Å². The molecule has 0 aliphatic carbocycles. The van der Waals surface area contributed by atoms with Crippen molar-refractivity contribution in [3.63, 3.8) is 0 Å². The van der Waals surface area contributed by atoms with Crippen LogP contribution < -0.4 is 0 Å². The van der Waals surface area contributed by atoms with E-state index in [0.717, 1.165) is 0 Å². The molecule has 2 aromatic rings. The average molecular weight is 222 g/mol. The summed E-state index contributed by atoms with van der Waals surface area (Å²) in [6.45, 7) is 0. The molecule has 5 heteroatoms. The summed E-state index contributed by atoms with van der Waals surface area (Å²) in [6, 6.07) is 6.79. The van der Waals surface area contributed by atoms with Gasteiger partial charge in [-0.2, -0.15) is 0 Å². The van der Waals surface area contributed by atoms with E-state index < -0.39 is 0 Å². The van der Waals surface area contributed by atoms with Gasteiger partial charge in [-0.1, -0.05) is 28.9 Å². The lowest BCUT2D eigenvalue weighted by molar-refractivity contribution is 0.103. The number of carbonyl (C=O) groups is 1. The van der Waals surface area contributed by atoms with Crippen molar-refractivity contribution >= 4 is 17.4 Å². The number of hydrogen-bond donors (Lipinski definition) is 0. The fourth-order valence-electron chi connectivity index (χ4n) is 1.27. The van der Waals surface area contributed by atoms with Crippen LogP contribution in [0.3, 0.4) is 0 Å². The molecule has 0 fully saturated rings. The third-order valence-corrected chi connectivity index (χ3v) is 2.27. The van der Waals surface area contributed by atoms with Crippen LogP contribution in [0.1, 0.15) is 16.1 Å². The smallest absolute Gasteiger partial charge is 0.212 e. The van der Waals surface area contributed by atoms with Crippen LogP contribution in [0.4, 0.5) is 0 Å². The van der Waals surface area contributed by atoms with Crippen LogP contribution in [0.5, 0.6) is 0 Å². The number of hydrogen-bond acceptors (Lipinski definition) is 3. The molecular formula is C10H8ClN3O. The molecule has 1 aromatic carbocycles. The highest BCUT2D eigenvalue weighted by Gasteiger charge is 2.13. The Morgan fingerprint density at radius 3 is 2.87 bits per heavy atom. The lowest BCUT2D eigenvalue weighted by Gasteiger charge is -2.00. The maximum absolute atomic E-state index is 11.9. The van der Waals surface area contributed by atoms with Gasteiger partial charge in [0.1, 0.15) is 5.69 Å². The predicted molar refractivity (Wildman–Crippen MR) is 55.9 cm³/mol. The lowest BCUT2D eigenvalue weighted by atomic mass is 10.1. The Hall–Kier alpha value is -1.68. The third-order valence-electron chi connectivity index (χ3n) is 2.03. The summed E-state index contributed by atoms with van der Waals surface area (Å²) in [5, 5.41) is 7.89. The molecule has 1 heterocycles. The highest BCUT2D eigenvalue weighted by Crippen LogP contribution is 2.13. The Morgan fingerprint density at radius 2 is 2.27 bits per heavy atom. The van der Waals surface area contributed by atoms with E-state index in [2.05, 4.69) is 10.3 Å². The zero-order valence-corrected chi connectivity index (χ0v) is 8.77. The maximum atomic E-state index is 11.9. The number of benzene rings is 1. The lowest BCUT2D eigenvalue weighted by Crippen LogP contribution is -2.07. The summed E-state index contributed by atoms with van der Waals surface area (Å²) in [6.07, 6.45) is 1.43. The van der Waals surface area contributed by atoms with Crippen molar-refractivity contribution in [2.24, 2.45) is 7.05 Å². The number of aromatic nitrogens is 3. The molecular weight excluding hydrogens is 214 g/mol. The number of halogens is 1. The molecule has 15 heavy (non-hydrogen) atoms. The van der Waals surface area contributed by atoms with Gasteiger partial charge in [-0.3, -0.25) is 4.79 Å². The van der Waals surface area contributed by atoms with E-state index in [4.69, 9.17) is 11.6 Å². The fourth-order valence-corrected chi connectivity index (χ4v) is 1.46. The molecule has 0 aliphatic heterocycles. The Labute approximate surface area is 91.5 Å². The number of rotatable bonds is 2. The molecule has 0 radical (unpaired) electrons. The Kier molecular flexibility index (Phi) is 2.51.